The highest BCUT2D eigenvalue weighted by atomic mass is 16.4. The minimum absolute atomic E-state index is 0.00267. The summed E-state index contributed by atoms with van der Waals surface area (Å²) in [5.41, 5.74) is 0. The second kappa shape index (κ2) is 7.06. The van der Waals surface area contributed by atoms with Crippen LogP contribution in [-0.2, 0) is 9.59 Å². The van der Waals surface area contributed by atoms with E-state index in [1.165, 1.54) is 0 Å². The van der Waals surface area contributed by atoms with E-state index in [1.807, 2.05) is 0 Å². The Labute approximate surface area is 101 Å². The van der Waals surface area contributed by atoms with E-state index in [9.17, 15) is 9.59 Å². The summed E-state index contributed by atoms with van der Waals surface area (Å²) >= 11 is 0. The first-order valence-electron chi connectivity index (χ1n) is 5.97. The molecule has 96 valence electrons. The van der Waals surface area contributed by atoms with E-state index >= 15 is 0 Å². The maximum Gasteiger partial charge on any atom is 0.306 e. The molecule has 1 aliphatic rings. The van der Waals surface area contributed by atoms with Gasteiger partial charge in [-0.2, -0.15) is 0 Å². The molecule has 5 nitrogen and oxygen atoms in total. The number of aliphatic carboxylic acids is 1. The minimum atomic E-state index is -0.756. The quantitative estimate of drug-likeness (QED) is 0.467. The van der Waals surface area contributed by atoms with Crippen LogP contribution in [0, 0.1) is 5.92 Å². The Morgan fingerprint density at radius 2 is 2.18 bits per heavy atom. The molecule has 0 heterocycles. The predicted octanol–water partition coefficient (Wildman–Crippen LogP) is 0.522. The number of carbonyl (C=O) groups is 2. The zero-order chi connectivity index (χ0) is 12.7. The Balaban J connectivity index is 2.28. The van der Waals surface area contributed by atoms with E-state index in [0.717, 1.165) is 19.3 Å². The maximum absolute atomic E-state index is 11.5. The van der Waals surface area contributed by atoms with Crippen LogP contribution < -0.4 is 10.6 Å². The van der Waals surface area contributed by atoms with E-state index in [-0.39, 0.29) is 24.4 Å². The van der Waals surface area contributed by atoms with Gasteiger partial charge in [-0.1, -0.05) is 12.5 Å². The standard InChI is InChI=1S/C12H20N2O3/c1-2-6-13-8-11(15)14-10-5-3-4-9(7-10)12(16)17/h2,9-10,13H,1,3-8H2,(H,14,15)(H,16,17). The normalized spacial score (nSPS) is 24.0. The molecular formula is C12H20N2O3. The maximum atomic E-state index is 11.5. The van der Waals surface area contributed by atoms with Crippen molar-refractivity contribution in [2.45, 2.75) is 31.7 Å². The first kappa shape index (κ1) is 13.7. The number of carbonyl (C=O) groups excluding carboxylic acids is 1. The molecule has 2 atom stereocenters. The van der Waals surface area contributed by atoms with Crippen molar-refractivity contribution in [2.75, 3.05) is 13.1 Å². The summed E-state index contributed by atoms with van der Waals surface area (Å²) in [4.78, 5) is 22.4. The summed E-state index contributed by atoms with van der Waals surface area (Å²) in [6.07, 6.45) is 4.69. The van der Waals surface area contributed by atoms with Gasteiger partial charge in [0.2, 0.25) is 5.91 Å². The number of carboxylic acids is 1. The van der Waals surface area contributed by atoms with Gasteiger partial charge >= 0.3 is 5.97 Å². The van der Waals surface area contributed by atoms with Crippen LogP contribution in [0.1, 0.15) is 25.7 Å². The lowest BCUT2D eigenvalue weighted by atomic mass is 9.86. The van der Waals surface area contributed by atoms with Crippen molar-refractivity contribution in [3.05, 3.63) is 12.7 Å². The topological polar surface area (TPSA) is 78.4 Å². The lowest BCUT2D eigenvalue weighted by Gasteiger charge is -2.27. The van der Waals surface area contributed by atoms with Gasteiger partial charge in [-0.25, -0.2) is 0 Å². The molecule has 0 spiro atoms. The SMILES string of the molecule is C=CCNCC(=O)NC1CCCC(C(=O)O)C1. The van der Waals surface area contributed by atoms with E-state index in [1.54, 1.807) is 6.08 Å². The number of hydrogen-bond acceptors (Lipinski definition) is 3. The highest BCUT2D eigenvalue weighted by molar-refractivity contribution is 5.78. The van der Waals surface area contributed by atoms with Crippen molar-refractivity contribution >= 4 is 11.9 Å². The number of hydrogen-bond donors (Lipinski definition) is 3. The van der Waals surface area contributed by atoms with E-state index in [2.05, 4.69) is 17.2 Å². The van der Waals surface area contributed by atoms with Crippen LogP contribution in [0.3, 0.4) is 0 Å². The molecule has 1 rings (SSSR count). The van der Waals surface area contributed by atoms with Gasteiger partial charge in [-0.15, -0.1) is 6.58 Å². The number of rotatable bonds is 6. The molecule has 0 saturated heterocycles. The van der Waals surface area contributed by atoms with Crippen molar-refractivity contribution in [3.8, 4) is 0 Å². The molecule has 1 amide bonds. The van der Waals surface area contributed by atoms with Gasteiger partial charge in [0.05, 0.1) is 12.5 Å². The summed E-state index contributed by atoms with van der Waals surface area (Å²) in [6.45, 7) is 4.39. The lowest BCUT2D eigenvalue weighted by molar-refractivity contribution is -0.143. The monoisotopic (exact) mass is 240 g/mol. The summed E-state index contributed by atoms with van der Waals surface area (Å²) in [5, 5.41) is 14.7. The molecule has 3 N–H and O–H groups in total. The van der Waals surface area contributed by atoms with Crippen LogP contribution in [0.5, 0.6) is 0 Å². The van der Waals surface area contributed by atoms with E-state index in [0.29, 0.717) is 13.0 Å². The van der Waals surface area contributed by atoms with Gasteiger partial charge < -0.3 is 15.7 Å². The van der Waals surface area contributed by atoms with Crippen molar-refractivity contribution in [1.82, 2.24) is 10.6 Å². The zero-order valence-electron chi connectivity index (χ0n) is 9.95. The molecule has 2 unspecified atom stereocenters. The number of carboxylic acid groups (broad SMARTS) is 1. The number of nitrogens with one attached hydrogen (secondary N) is 2. The first-order valence-corrected chi connectivity index (χ1v) is 5.97. The molecule has 17 heavy (non-hydrogen) atoms. The molecule has 0 aromatic heterocycles. The minimum Gasteiger partial charge on any atom is -0.481 e. The second-order valence-corrected chi connectivity index (χ2v) is 4.39. The van der Waals surface area contributed by atoms with Crippen LogP contribution in [0.4, 0.5) is 0 Å². The average Bonchev–Trinajstić information content (AvgIpc) is 2.29. The third-order valence-electron chi connectivity index (χ3n) is 2.96. The second-order valence-electron chi connectivity index (χ2n) is 4.39. The zero-order valence-corrected chi connectivity index (χ0v) is 9.95. The molecule has 1 fully saturated rings. The summed E-state index contributed by atoms with van der Waals surface area (Å²) in [6, 6.07) is 0.00267. The van der Waals surface area contributed by atoms with Gasteiger partial charge in [0.1, 0.15) is 0 Å². The molecule has 0 bridgehead atoms. The Kier molecular flexibility index (Phi) is 5.69. The third-order valence-corrected chi connectivity index (χ3v) is 2.96. The molecule has 1 aliphatic carbocycles. The smallest absolute Gasteiger partial charge is 0.306 e. The molecule has 0 aromatic carbocycles. The lowest BCUT2D eigenvalue weighted by Crippen LogP contribution is -2.43. The highest BCUT2D eigenvalue weighted by Crippen LogP contribution is 2.24. The van der Waals surface area contributed by atoms with Crippen molar-refractivity contribution in [3.63, 3.8) is 0 Å². The Bertz CT molecular complexity index is 291. The fraction of sp³-hybridized carbons (Fsp3) is 0.667. The van der Waals surface area contributed by atoms with Crippen LogP contribution in [-0.4, -0.2) is 36.1 Å². The van der Waals surface area contributed by atoms with E-state index < -0.39 is 5.97 Å². The molecule has 0 aliphatic heterocycles. The van der Waals surface area contributed by atoms with Gasteiger partial charge in [-0.3, -0.25) is 9.59 Å². The largest absolute Gasteiger partial charge is 0.481 e. The molecule has 1 saturated carbocycles. The molecular weight excluding hydrogens is 220 g/mol. The van der Waals surface area contributed by atoms with Crippen molar-refractivity contribution < 1.29 is 14.7 Å². The van der Waals surface area contributed by atoms with Crippen molar-refractivity contribution in [1.29, 1.82) is 0 Å². The van der Waals surface area contributed by atoms with Crippen LogP contribution in [0.15, 0.2) is 12.7 Å². The summed E-state index contributed by atoms with van der Waals surface area (Å²) < 4.78 is 0. The summed E-state index contributed by atoms with van der Waals surface area (Å²) in [7, 11) is 0. The summed E-state index contributed by atoms with van der Waals surface area (Å²) in [5.74, 6) is -1.15. The predicted molar refractivity (Wildman–Crippen MR) is 64.6 cm³/mol. The Hall–Kier alpha value is -1.36. The molecule has 0 aromatic rings. The fourth-order valence-electron chi connectivity index (χ4n) is 2.11. The van der Waals surface area contributed by atoms with Crippen LogP contribution in [0.2, 0.25) is 0 Å². The van der Waals surface area contributed by atoms with Gasteiger partial charge in [0, 0.05) is 12.6 Å². The number of amides is 1. The van der Waals surface area contributed by atoms with Gasteiger partial charge in [-0.05, 0) is 19.3 Å². The first-order chi connectivity index (χ1) is 8.13. The fourth-order valence-corrected chi connectivity index (χ4v) is 2.11. The van der Waals surface area contributed by atoms with Gasteiger partial charge in [0.25, 0.3) is 0 Å². The Morgan fingerprint density at radius 3 is 2.82 bits per heavy atom. The van der Waals surface area contributed by atoms with Crippen LogP contribution in [0.25, 0.3) is 0 Å². The van der Waals surface area contributed by atoms with Crippen LogP contribution >= 0.6 is 0 Å². The molecule has 0 radical (unpaired) electrons. The van der Waals surface area contributed by atoms with Crippen molar-refractivity contribution in [2.24, 2.45) is 5.92 Å². The van der Waals surface area contributed by atoms with E-state index in [4.69, 9.17) is 5.11 Å². The highest BCUT2D eigenvalue weighted by Gasteiger charge is 2.27. The Morgan fingerprint density at radius 1 is 1.41 bits per heavy atom. The molecule has 5 heteroatoms. The average molecular weight is 240 g/mol. The van der Waals surface area contributed by atoms with Gasteiger partial charge in [0.15, 0.2) is 0 Å². The third kappa shape index (κ3) is 4.99.